The van der Waals surface area contributed by atoms with Gasteiger partial charge in [0.2, 0.25) is 0 Å². The lowest BCUT2D eigenvalue weighted by molar-refractivity contribution is 0.162. The van der Waals surface area contributed by atoms with Crippen LogP contribution in [0.2, 0.25) is 5.02 Å². The number of benzene rings is 1. The Morgan fingerprint density at radius 2 is 2.05 bits per heavy atom. The molecule has 4 nitrogen and oxygen atoms in total. The van der Waals surface area contributed by atoms with Gasteiger partial charge in [-0.3, -0.25) is 0 Å². The highest BCUT2D eigenvalue weighted by atomic mass is 35.5. The van der Waals surface area contributed by atoms with E-state index in [9.17, 15) is 0 Å². The average molecular weight is 296 g/mol. The Bertz CT molecular complexity index is 568. The van der Waals surface area contributed by atoms with Crippen LogP contribution in [0.5, 0.6) is 5.75 Å². The summed E-state index contributed by atoms with van der Waals surface area (Å²) in [6.45, 7) is 0.453. The molecule has 1 unspecified atom stereocenters. The van der Waals surface area contributed by atoms with Crippen molar-refractivity contribution in [2.45, 2.75) is 12.6 Å². The van der Waals surface area contributed by atoms with E-state index in [0.717, 1.165) is 22.8 Å². The van der Waals surface area contributed by atoms with E-state index in [1.54, 1.807) is 20.3 Å². The summed E-state index contributed by atoms with van der Waals surface area (Å²) < 4.78 is 16.2. The van der Waals surface area contributed by atoms with Gasteiger partial charge in [0, 0.05) is 17.7 Å². The molecule has 0 fully saturated rings. The molecule has 2 aromatic rings. The van der Waals surface area contributed by atoms with Crippen molar-refractivity contribution in [1.29, 1.82) is 0 Å². The van der Waals surface area contributed by atoms with Crippen LogP contribution in [0, 0.1) is 0 Å². The third-order valence-corrected chi connectivity index (χ3v) is 3.28. The van der Waals surface area contributed by atoms with Crippen LogP contribution in [0.15, 0.2) is 34.7 Å². The molecule has 1 aromatic carbocycles. The molecule has 2 rings (SSSR count). The summed E-state index contributed by atoms with van der Waals surface area (Å²) in [7, 11) is 5.14. The van der Waals surface area contributed by atoms with Crippen LogP contribution in [0.25, 0.3) is 0 Å². The van der Waals surface area contributed by atoms with E-state index in [4.69, 9.17) is 25.5 Å². The fourth-order valence-corrected chi connectivity index (χ4v) is 2.31. The number of methoxy groups -OCH3 is 2. The molecular weight excluding hydrogens is 278 g/mol. The summed E-state index contributed by atoms with van der Waals surface area (Å²) in [5.41, 5.74) is 0.970. The molecule has 1 heterocycles. The molecule has 20 heavy (non-hydrogen) atoms. The fourth-order valence-electron chi connectivity index (χ4n) is 2.14. The van der Waals surface area contributed by atoms with E-state index in [1.165, 1.54) is 0 Å². The third-order valence-electron chi connectivity index (χ3n) is 3.05. The highest BCUT2D eigenvalue weighted by Crippen LogP contribution is 2.32. The van der Waals surface area contributed by atoms with Crippen molar-refractivity contribution in [1.82, 2.24) is 5.32 Å². The van der Waals surface area contributed by atoms with Crippen LogP contribution in [0.3, 0.4) is 0 Å². The van der Waals surface area contributed by atoms with Crippen LogP contribution < -0.4 is 10.1 Å². The first kappa shape index (κ1) is 14.9. The Balaban J connectivity index is 2.35. The van der Waals surface area contributed by atoms with Gasteiger partial charge in [-0.25, -0.2) is 0 Å². The molecular formula is C15H18ClNO3. The van der Waals surface area contributed by atoms with E-state index in [2.05, 4.69) is 5.32 Å². The summed E-state index contributed by atoms with van der Waals surface area (Å²) in [5, 5.41) is 3.87. The molecule has 5 heteroatoms. The zero-order valence-corrected chi connectivity index (χ0v) is 12.5. The normalized spacial score (nSPS) is 12.4. The second-order valence-corrected chi connectivity index (χ2v) is 4.78. The standard InChI is InChI=1S/C15H18ClNO3/c1-17-15(13-7-5-11(20-13)9-18-2)12-6-4-10(16)8-14(12)19-3/h4-8,15,17H,9H2,1-3H3. The average Bonchev–Trinajstić information content (AvgIpc) is 2.90. The molecule has 0 amide bonds. The van der Waals surface area contributed by atoms with Gasteiger partial charge in [0.05, 0.1) is 13.2 Å². The molecule has 0 radical (unpaired) electrons. The zero-order chi connectivity index (χ0) is 14.5. The number of ether oxygens (including phenoxy) is 2. The van der Waals surface area contributed by atoms with Gasteiger partial charge in [-0.15, -0.1) is 0 Å². The van der Waals surface area contributed by atoms with E-state index in [0.29, 0.717) is 11.6 Å². The SMILES string of the molecule is CNC(c1ccc(COC)o1)c1ccc(Cl)cc1OC. The highest BCUT2D eigenvalue weighted by molar-refractivity contribution is 6.30. The lowest BCUT2D eigenvalue weighted by Gasteiger charge is -2.17. The van der Waals surface area contributed by atoms with E-state index in [-0.39, 0.29) is 6.04 Å². The predicted octanol–water partition coefficient (Wildman–Crippen LogP) is 3.40. The number of hydrogen-bond acceptors (Lipinski definition) is 4. The number of furan rings is 1. The molecule has 0 aliphatic rings. The second-order valence-electron chi connectivity index (χ2n) is 4.35. The molecule has 1 atom stereocenters. The van der Waals surface area contributed by atoms with Crippen LogP contribution >= 0.6 is 11.6 Å². The molecule has 1 N–H and O–H groups in total. The molecule has 0 spiro atoms. The smallest absolute Gasteiger partial charge is 0.129 e. The molecule has 0 aliphatic carbocycles. The lowest BCUT2D eigenvalue weighted by Crippen LogP contribution is -2.17. The first-order valence-corrected chi connectivity index (χ1v) is 6.65. The van der Waals surface area contributed by atoms with Gasteiger partial charge in [0.1, 0.15) is 23.9 Å². The van der Waals surface area contributed by atoms with Gasteiger partial charge in [-0.2, -0.15) is 0 Å². The Kier molecular flexibility index (Phi) is 5.06. The molecule has 0 bridgehead atoms. The van der Waals surface area contributed by atoms with Crippen LogP contribution in [0.4, 0.5) is 0 Å². The van der Waals surface area contributed by atoms with Crippen LogP contribution in [-0.2, 0) is 11.3 Å². The van der Waals surface area contributed by atoms with Gasteiger partial charge < -0.3 is 19.2 Å². The van der Waals surface area contributed by atoms with Crippen LogP contribution in [0.1, 0.15) is 23.1 Å². The maximum Gasteiger partial charge on any atom is 0.129 e. The predicted molar refractivity (Wildman–Crippen MR) is 78.3 cm³/mol. The number of nitrogens with one attached hydrogen (secondary N) is 1. The highest BCUT2D eigenvalue weighted by Gasteiger charge is 2.20. The summed E-state index contributed by atoms with van der Waals surface area (Å²) in [6, 6.07) is 9.30. The minimum atomic E-state index is -0.104. The summed E-state index contributed by atoms with van der Waals surface area (Å²) in [4.78, 5) is 0. The van der Waals surface area contributed by atoms with Gasteiger partial charge in [-0.1, -0.05) is 17.7 Å². The van der Waals surface area contributed by atoms with E-state index < -0.39 is 0 Å². The van der Waals surface area contributed by atoms with Gasteiger partial charge in [0.25, 0.3) is 0 Å². The van der Waals surface area contributed by atoms with Crippen LogP contribution in [-0.4, -0.2) is 21.3 Å². The van der Waals surface area contributed by atoms with E-state index in [1.807, 2.05) is 31.3 Å². The first-order valence-electron chi connectivity index (χ1n) is 6.27. The fraction of sp³-hybridized carbons (Fsp3) is 0.333. The van der Waals surface area contributed by atoms with Crippen molar-refractivity contribution in [3.05, 3.63) is 52.4 Å². The molecule has 0 saturated heterocycles. The maximum absolute atomic E-state index is 5.99. The van der Waals surface area contributed by atoms with Crippen molar-refractivity contribution < 1.29 is 13.9 Å². The lowest BCUT2D eigenvalue weighted by atomic mass is 10.0. The monoisotopic (exact) mass is 295 g/mol. The van der Waals surface area contributed by atoms with E-state index >= 15 is 0 Å². The Hall–Kier alpha value is -1.49. The van der Waals surface area contributed by atoms with Crippen molar-refractivity contribution in [2.24, 2.45) is 0 Å². The quantitative estimate of drug-likeness (QED) is 0.887. The third kappa shape index (κ3) is 3.15. The molecule has 0 aliphatic heterocycles. The van der Waals surface area contributed by atoms with Crippen molar-refractivity contribution in [3.63, 3.8) is 0 Å². The minimum absolute atomic E-state index is 0.104. The number of rotatable bonds is 6. The van der Waals surface area contributed by atoms with Crippen molar-refractivity contribution in [3.8, 4) is 5.75 Å². The second kappa shape index (κ2) is 6.79. The summed E-state index contributed by atoms with van der Waals surface area (Å²) in [5.74, 6) is 2.32. The Morgan fingerprint density at radius 1 is 1.25 bits per heavy atom. The van der Waals surface area contributed by atoms with Gasteiger partial charge in [-0.05, 0) is 31.3 Å². The van der Waals surface area contributed by atoms with Gasteiger partial charge >= 0.3 is 0 Å². The summed E-state index contributed by atoms with van der Waals surface area (Å²) >= 11 is 5.99. The first-order chi connectivity index (χ1) is 9.69. The molecule has 1 aromatic heterocycles. The minimum Gasteiger partial charge on any atom is -0.496 e. The maximum atomic E-state index is 5.99. The molecule has 108 valence electrons. The number of halogens is 1. The topological polar surface area (TPSA) is 43.6 Å². The number of hydrogen-bond donors (Lipinski definition) is 1. The largest absolute Gasteiger partial charge is 0.496 e. The summed E-state index contributed by atoms with van der Waals surface area (Å²) in [6.07, 6.45) is 0. The van der Waals surface area contributed by atoms with Crippen molar-refractivity contribution >= 4 is 11.6 Å². The van der Waals surface area contributed by atoms with Crippen molar-refractivity contribution in [2.75, 3.05) is 21.3 Å². The Labute approximate surface area is 123 Å². The van der Waals surface area contributed by atoms with Gasteiger partial charge in [0.15, 0.2) is 0 Å². The Morgan fingerprint density at radius 3 is 2.70 bits per heavy atom. The molecule has 0 saturated carbocycles. The zero-order valence-electron chi connectivity index (χ0n) is 11.8.